The zero-order chi connectivity index (χ0) is 12.2. The van der Waals surface area contributed by atoms with Gasteiger partial charge in [-0.25, -0.2) is 0 Å². The van der Waals surface area contributed by atoms with Crippen LogP contribution in [0.2, 0.25) is 0 Å². The van der Waals surface area contributed by atoms with Gasteiger partial charge in [-0.15, -0.1) is 11.8 Å². The standard InChI is InChI=1S/C17H18S/c1-3-8-14(9-4-1)16-12-7-13-17(18-16)15-10-5-2-6-11-15/h1-6,8-11,16-17H,7,12-13H2/t16-,17-/m0/s1. The Hall–Kier alpha value is -1.21. The summed E-state index contributed by atoms with van der Waals surface area (Å²) in [7, 11) is 0. The zero-order valence-electron chi connectivity index (χ0n) is 10.5. The molecule has 0 radical (unpaired) electrons. The van der Waals surface area contributed by atoms with Crippen LogP contribution in [0.4, 0.5) is 0 Å². The lowest BCUT2D eigenvalue weighted by Crippen LogP contribution is -2.06. The van der Waals surface area contributed by atoms with Crippen LogP contribution in [0.1, 0.15) is 40.9 Å². The van der Waals surface area contributed by atoms with Gasteiger partial charge in [0, 0.05) is 10.5 Å². The Morgan fingerprint density at radius 3 is 1.56 bits per heavy atom. The Morgan fingerprint density at radius 1 is 0.667 bits per heavy atom. The molecule has 2 aromatic carbocycles. The Labute approximate surface area is 113 Å². The van der Waals surface area contributed by atoms with Crippen molar-refractivity contribution in [2.75, 3.05) is 0 Å². The van der Waals surface area contributed by atoms with Gasteiger partial charge >= 0.3 is 0 Å². The summed E-state index contributed by atoms with van der Waals surface area (Å²) in [6.45, 7) is 0. The second kappa shape index (κ2) is 5.62. The van der Waals surface area contributed by atoms with E-state index < -0.39 is 0 Å². The highest BCUT2D eigenvalue weighted by atomic mass is 32.2. The molecule has 0 aromatic heterocycles. The average Bonchev–Trinajstić information content (AvgIpc) is 2.49. The molecule has 0 amide bonds. The van der Waals surface area contributed by atoms with E-state index in [1.165, 1.54) is 30.4 Å². The van der Waals surface area contributed by atoms with Crippen molar-refractivity contribution in [3.8, 4) is 0 Å². The van der Waals surface area contributed by atoms with Gasteiger partial charge in [-0.05, 0) is 24.0 Å². The van der Waals surface area contributed by atoms with Crippen molar-refractivity contribution in [3.05, 3.63) is 71.8 Å². The van der Waals surface area contributed by atoms with Crippen LogP contribution < -0.4 is 0 Å². The van der Waals surface area contributed by atoms with Gasteiger partial charge in [0.2, 0.25) is 0 Å². The van der Waals surface area contributed by atoms with Crippen molar-refractivity contribution in [1.29, 1.82) is 0 Å². The molecule has 2 atom stereocenters. The van der Waals surface area contributed by atoms with Crippen LogP contribution in [-0.2, 0) is 0 Å². The molecular weight excluding hydrogens is 236 g/mol. The molecule has 1 aliphatic heterocycles. The minimum absolute atomic E-state index is 0.671. The molecule has 0 bridgehead atoms. The summed E-state index contributed by atoms with van der Waals surface area (Å²) in [5.74, 6) is 0. The third kappa shape index (κ3) is 2.62. The number of rotatable bonds is 2. The third-order valence-electron chi connectivity index (χ3n) is 3.60. The summed E-state index contributed by atoms with van der Waals surface area (Å²) in [6, 6.07) is 21.9. The van der Waals surface area contributed by atoms with Crippen molar-refractivity contribution in [2.24, 2.45) is 0 Å². The van der Waals surface area contributed by atoms with E-state index in [1.54, 1.807) is 0 Å². The molecule has 0 nitrogen and oxygen atoms in total. The van der Waals surface area contributed by atoms with E-state index in [0.717, 1.165) is 0 Å². The maximum atomic E-state index is 2.27. The van der Waals surface area contributed by atoms with E-state index in [4.69, 9.17) is 0 Å². The molecule has 3 rings (SSSR count). The first kappa shape index (κ1) is 11.9. The maximum Gasteiger partial charge on any atom is 0.0303 e. The minimum Gasteiger partial charge on any atom is -0.146 e. The molecule has 0 N–H and O–H groups in total. The molecule has 1 aliphatic rings. The summed E-state index contributed by atoms with van der Waals surface area (Å²) in [5, 5.41) is 1.34. The molecule has 0 aliphatic carbocycles. The average molecular weight is 254 g/mol. The topological polar surface area (TPSA) is 0 Å². The van der Waals surface area contributed by atoms with Gasteiger partial charge < -0.3 is 0 Å². The van der Waals surface area contributed by atoms with E-state index in [-0.39, 0.29) is 0 Å². The largest absolute Gasteiger partial charge is 0.146 e. The predicted molar refractivity (Wildman–Crippen MR) is 79.8 cm³/mol. The van der Waals surface area contributed by atoms with Crippen LogP contribution in [0.25, 0.3) is 0 Å². The lowest BCUT2D eigenvalue weighted by molar-refractivity contribution is 0.629. The van der Waals surface area contributed by atoms with Crippen LogP contribution in [0.15, 0.2) is 60.7 Å². The van der Waals surface area contributed by atoms with E-state index >= 15 is 0 Å². The van der Waals surface area contributed by atoms with Crippen LogP contribution in [-0.4, -0.2) is 0 Å². The van der Waals surface area contributed by atoms with Gasteiger partial charge in [-0.2, -0.15) is 0 Å². The molecule has 1 saturated heterocycles. The molecular formula is C17H18S. The second-order valence-electron chi connectivity index (χ2n) is 4.87. The molecule has 0 unspecified atom stereocenters. The predicted octanol–water partition coefficient (Wildman–Crippen LogP) is 5.39. The summed E-state index contributed by atoms with van der Waals surface area (Å²) >= 11 is 2.14. The fraction of sp³-hybridized carbons (Fsp3) is 0.294. The van der Waals surface area contributed by atoms with Crippen LogP contribution in [0, 0.1) is 0 Å². The van der Waals surface area contributed by atoms with Crippen LogP contribution >= 0.6 is 11.8 Å². The molecule has 0 spiro atoms. The third-order valence-corrected chi connectivity index (χ3v) is 5.28. The molecule has 18 heavy (non-hydrogen) atoms. The van der Waals surface area contributed by atoms with Gasteiger partial charge in [0.05, 0.1) is 0 Å². The molecule has 1 heterocycles. The van der Waals surface area contributed by atoms with Crippen molar-refractivity contribution in [3.63, 3.8) is 0 Å². The van der Waals surface area contributed by atoms with Gasteiger partial charge in [0.25, 0.3) is 0 Å². The smallest absolute Gasteiger partial charge is 0.0303 e. The SMILES string of the molecule is c1ccc([C@@H]2CCC[C@@H](c3ccccc3)S2)cc1. The quantitative estimate of drug-likeness (QED) is 0.692. The number of hydrogen-bond acceptors (Lipinski definition) is 1. The van der Waals surface area contributed by atoms with E-state index in [1.807, 2.05) is 0 Å². The fourth-order valence-corrected chi connectivity index (χ4v) is 4.28. The maximum absolute atomic E-state index is 2.27. The highest BCUT2D eigenvalue weighted by Gasteiger charge is 2.24. The lowest BCUT2D eigenvalue weighted by Gasteiger charge is -2.29. The van der Waals surface area contributed by atoms with Crippen LogP contribution in [0.3, 0.4) is 0 Å². The molecule has 2 aromatic rings. The van der Waals surface area contributed by atoms with Gasteiger partial charge in [-0.3, -0.25) is 0 Å². The minimum atomic E-state index is 0.671. The van der Waals surface area contributed by atoms with Gasteiger partial charge in [0.1, 0.15) is 0 Å². The summed E-state index contributed by atoms with van der Waals surface area (Å²) in [5.41, 5.74) is 2.98. The lowest BCUT2D eigenvalue weighted by atomic mass is 10.0. The number of hydrogen-bond donors (Lipinski definition) is 0. The Kier molecular flexibility index (Phi) is 3.70. The summed E-state index contributed by atoms with van der Waals surface area (Å²) < 4.78 is 0. The summed E-state index contributed by atoms with van der Waals surface area (Å²) in [4.78, 5) is 0. The van der Waals surface area contributed by atoms with E-state index in [2.05, 4.69) is 72.4 Å². The van der Waals surface area contributed by atoms with Crippen molar-refractivity contribution in [1.82, 2.24) is 0 Å². The van der Waals surface area contributed by atoms with E-state index in [9.17, 15) is 0 Å². The summed E-state index contributed by atoms with van der Waals surface area (Å²) in [6.07, 6.45) is 3.97. The van der Waals surface area contributed by atoms with Crippen molar-refractivity contribution >= 4 is 11.8 Å². The monoisotopic (exact) mass is 254 g/mol. The molecule has 1 heteroatoms. The highest BCUT2D eigenvalue weighted by molar-refractivity contribution is 7.99. The molecule has 0 saturated carbocycles. The highest BCUT2D eigenvalue weighted by Crippen LogP contribution is 2.49. The number of benzene rings is 2. The molecule has 1 fully saturated rings. The first-order valence-electron chi connectivity index (χ1n) is 6.69. The van der Waals surface area contributed by atoms with Gasteiger partial charge in [-0.1, -0.05) is 67.1 Å². The normalized spacial score (nSPS) is 23.8. The number of thioether (sulfide) groups is 1. The van der Waals surface area contributed by atoms with Crippen molar-refractivity contribution in [2.45, 2.75) is 29.8 Å². The molecule has 92 valence electrons. The van der Waals surface area contributed by atoms with Crippen LogP contribution in [0.5, 0.6) is 0 Å². The van der Waals surface area contributed by atoms with Crippen molar-refractivity contribution < 1.29 is 0 Å². The second-order valence-corrected chi connectivity index (χ2v) is 6.28. The first-order chi connectivity index (χ1) is 8.93. The Bertz CT molecular complexity index is 432. The van der Waals surface area contributed by atoms with E-state index in [0.29, 0.717) is 10.5 Å². The Balaban J connectivity index is 1.77. The zero-order valence-corrected chi connectivity index (χ0v) is 11.3. The Morgan fingerprint density at radius 2 is 1.11 bits per heavy atom. The first-order valence-corrected chi connectivity index (χ1v) is 7.63. The van der Waals surface area contributed by atoms with Gasteiger partial charge in [0.15, 0.2) is 0 Å². The fourth-order valence-electron chi connectivity index (χ4n) is 2.65.